The van der Waals surface area contributed by atoms with Crippen molar-refractivity contribution in [1.29, 1.82) is 0 Å². The van der Waals surface area contributed by atoms with Crippen LogP contribution in [0.15, 0.2) is 46.9 Å². The molecule has 112 valence electrons. The van der Waals surface area contributed by atoms with Gasteiger partial charge in [0.1, 0.15) is 12.4 Å². The molecule has 0 bridgehead atoms. The highest BCUT2D eigenvalue weighted by Crippen LogP contribution is 2.21. The van der Waals surface area contributed by atoms with Gasteiger partial charge in [0.2, 0.25) is 0 Å². The minimum absolute atomic E-state index is 0.555. The third-order valence-electron chi connectivity index (χ3n) is 3.49. The summed E-state index contributed by atoms with van der Waals surface area (Å²) in [5.41, 5.74) is 9.25. The number of hydrogen-bond donors (Lipinski definition) is 1. The quantitative estimate of drug-likeness (QED) is 0.778. The summed E-state index contributed by atoms with van der Waals surface area (Å²) in [6.07, 6.45) is 3.61. The largest absolute Gasteiger partial charge is 0.489 e. The number of nitrogens with two attached hydrogens (primary N) is 1. The van der Waals surface area contributed by atoms with E-state index in [1.54, 1.807) is 0 Å². The summed E-state index contributed by atoms with van der Waals surface area (Å²) in [4.78, 5) is 0. The lowest BCUT2D eigenvalue weighted by atomic mass is 10.1. The van der Waals surface area contributed by atoms with Crippen LogP contribution in [0.4, 0.5) is 0 Å². The Kier molecular flexibility index (Phi) is 6.27. The van der Waals surface area contributed by atoms with Crippen molar-refractivity contribution in [3.63, 3.8) is 0 Å². The lowest BCUT2D eigenvalue weighted by Crippen LogP contribution is -2.00. The number of hydrogen-bond acceptors (Lipinski definition) is 2. The molecule has 2 N–H and O–H groups in total. The van der Waals surface area contributed by atoms with Crippen LogP contribution < -0.4 is 10.5 Å². The minimum Gasteiger partial charge on any atom is -0.489 e. The second-order valence-electron chi connectivity index (χ2n) is 5.17. The second-order valence-corrected chi connectivity index (χ2v) is 6.02. The summed E-state index contributed by atoms with van der Waals surface area (Å²) in [5, 5.41) is 0. The molecule has 2 nitrogen and oxygen atoms in total. The molecule has 0 unspecified atom stereocenters. The fraction of sp³-hybridized carbons (Fsp3) is 0.333. The Morgan fingerprint density at radius 3 is 2.38 bits per heavy atom. The van der Waals surface area contributed by atoms with Crippen LogP contribution in [-0.2, 0) is 19.6 Å². The molecule has 0 radical (unpaired) electrons. The molecule has 0 aliphatic carbocycles. The molecule has 21 heavy (non-hydrogen) atoms. The van der Waals surface area contributed by atoms with Crippen molar-refractivity contribution in [3.8, 4) is 5.75 Å². The molecule has 0 aliphatic rings. The number of halogens is 1. The van der Waals surface area contributed by atoms with E-state index < -0.39 is 0 Å². The minimum atomic E-state index is 0.555. The number of benzene rings is 2. The van der Waals surface area contributed by atoms with Gasteiger partial charge >= 0.3 is 0 Å². The lowest BCUT2D eigenvalue weighted by Gasteiger charge is -2.10. The highest BCUT2D eigenvalue weighted by molar-refractivity contribution is 9.10. The van der Waals surface area contributed by atoms with Gasteiger partial charge < -0.3 is 10.5 Å². The van der Waals surface area contributed by atoms with Crippen molar-refractivity contribution in [1.82, 2.24) is 0 Å². The van der Waals surface area contributed by atoms with Gasteiger partial charge in [-0.3, -0.25) is 0 Å². The zero-order valence-corrected chi connectivity index (χ0v) is 14.0. The highest BCUT2D eigenvalue weighted by atomic mass is 79.9. The van der Waals surface area contributed by atoms with Crippen molar-refractivity contribution in [3.05, 3.63) is 63.6 Å². The van der Waals surface area contributed by atoms with Crippen molar-refractivity contribution < 1.29 is 4.74 Å². The van der Waals surface area contributed by atoms with Crippen molar-refractivity contribution >= 4 is 15.9 Å². The smallest absolute Gasteiger partial charge is 0.119 e. The molecule has 2 aromatic rings. The monoisotopic (exact) mass is 347 g/mol. The average Bonchev–Trinajstić information content (AvgIpc) is 2.52. The van der Waals surface area contributed by atoms with Crippen LogP contribution in [0.2, 0.25) is 0 Å². The summed E-state index contributed by atoms with van der Waals surface area (Å²) < 4.78 is 6.89. The maximum absolute atomic E-state index is 5.84. The molecule has 2 rings (SSSR count). The van der Waals surface area contributed by atoms with Gasteiger partial charge in [-0.2, -0.15) is 0 Å². The lowest BCUT2D eigenvalue weighted by molar-refractivity contribution is 0.305. The normalized spacial score (nSPS) is 10.6. The molecule has 0 atom stereocenters. The molecular formula is C18H22BrNO. The standard InChI is InChI=1S/C18H22BrNO/c1-2-3-4-14-6-9-17(10-7-14)21-13-16-8-5-15(12-20)11-18(16)19/h5-11H,2-4,12-13,20H2,1H3. The fourth-order valence-electron chi connectivity index (χ4n) is 2.13. The first kappa shape index (κ1) is 16.1. The molecule has 0 fully saturated rings. The van der Waals surface area contributed by atoms with Gasteiger partial charge in [-0.1, -0.05) is 53.5 Å². The fourth-order valence-corrected chi connectivity index (χ4v) is 2.67. The zero-order chi connectivity index (χ0) is 15.1. The molecule has 0 saturated carbocycles. The predicted octanol–water partition coefficient (Wildman–Crippen LogP) is 4.83. The molecule has 0 aliphatic heterocycles. The van der Waals surface area contributed by atoms with Gasteiger partial charge in [0.05, 0.1) is 0 Å². The first-order chi connectivity index (χ1) is 10.2. The van der Waals surface area contributed by atoms with Crippen LogP contribution in [0.3, 0.4) is 0 Å². The Balaban J connectivity index is 1.93. The molecule has 3 heteroatoms. The van der Waals surface area contributed by atoms with E-state index in [1.807, 2.05) is 24.3 Å². The number of unbranched alkanes of at least 4 members (excludes halogenated alkanes) is 1. The summed E-state index contributed by atoms with van der Waals surface area (Å²) >= 11 is 3.57. The van der Waals surface area contributed by atoms with E-state index in [9.17, 15) is 0 Å². The van der Waals surface area contributed by atoms with Gasteiger partial charge in [-0.25, -0.2) is 0 Å². The van der Waals surface area contributed by atoms with E-state index in [-0.39, 0.29) is 0 Å². The first-order valence-electron chi connectivity index (χ1n) is 7.42. The van der Waals surface area contributed by atoms with Gasteiger partial charge in [0, 0.05) is 16.6 Å². The summed E-state index contributed by atoms with van der Waals surface area (Å²) in [6.45, 7) is 3.32. The Bertz CT molecular complexity index is 566. The van der Waals surface area contributed by atoms with E-state index in [0.29, 0.717) is 13.2 Å². The Morgan fingerprint density at radius 2 is 1.76 bits per heavy atom. The Morgan fingerprint density at radius 1 is 1.05 bits per heavy atom. The number of rotatable bonds is 7. The van der Waals surface area contributed by atoms with E-state index in [2.05, 4.69) is 41.1 Å². The van der Waals surface area contributed by atoms with Crippen LogP contribution in [0.1, 0.15) is 36.5 Å². The van der Waals surface area contributed by atoms with Crippen molar-refractivity contribution in [2.24, 2.45) is 5.73 Å². The maximum Gasteiger partial charge on any atom is 0.119 e. The molecule has 0 spiro atoms. The molecular weight excluding hydrogens is 326 g/mol. The van der Waals surface area contributed by atoms with Gasteiger partial charge in [-0.15, -0.1) is 0 Å². The molecule has 2 aromatic carbocycles. The summed E-state index contributed by atoms with van der Waals surface area (Å²) in [7, 11) is 0. The molecule has 0 saturated heterocycles. The van der Waals surface area contributed by atoms with Crippen LogP contribution >= 0.6 is 15.9 Å². The maximum atomic E-state index is 5.84. The van der Waals surface area contributed by atoms with Crippen molar-refractivity contribution in [2.75, 3.05) is 0 Å². The molecule has 0 aromatic heterocycles. The topological polar surface area (TPSA) is 35.2 Å². The summed E-state index contributed by atoms with van der Waals surface area (Å²) in [5.74, 6) is 0.907. The highest BCUT2D eigenvalue weighted by Gasteiger charge is 2.03. The number of ether oxygens (including phenoxy) is 1. The molecule has 0 heterocycles. The number of aryl methyl sites for hydroxylation is 1. The third-order valence-corrected chi connectivity index (χ3v) is 4.23. The Hall–Kier alpha value is -1.32. The second kappa shape index (κ2) is 8.20. The van der Waals surface area contributed by atoms with Crippen LogP contribution in [0, 0.1) is 0 Å². The van der Waals surface area contributed by atoms with Crippen LogP contribution in [0.5, 0.6) is 5.75 Å². The third kappa shape index (κ3) is 4.87. The van der Waals surface area contributed by atoms with E-state index in [0.717, 1.165) is 27.8 Å². The van der Waals surface area contributed by atoms with E-state index in [4.69, 9.17) is 10.5 Å². The van der Waals surface area contributed by atoms with Gasteiger partial charge in [0.25, 0.3) is 0 Å². The SMILES string of the molecule is CCCCc1ccc(OCc2ccc(CN)cc2Br)cc1. The van der Waals surface area contributed by atoms with E-state index >= 15 is 0 Å². The van der Waals surface area contributed by atoms with Crippen LogP contribution in [-0.4, -0.2) is 0 Å². The van der Waals surface area contributed by atoms with Crippen LogP contribution in [0.25, 0.3) is 0 Å². The predicted molar refractivity (Wildman–Crippen MR) is 91.4 cm³/mol. The Labute approximate surface area is 135 Å². The first-order valence-corrected chi connectivity index (χ1v) is 8.21. The molecule has 0 amide bonds. The van der Waals surface area contributed by atoms with Gasteiger partial charge in [-0.05, 0) is 42.2 Å². The zero-order valence-electron chi connectivity index (χ0n) is 12.4. The van der Waals surface area contributed by atoms with Gasteiger partial charge in [0.15, 0.2) is 0 Å². The average molecular weight is 348 g/mol. The van der Waals surface area contributed by atoms with Crippen molar-refractivity contribution in [2.45, 2.75) is 39.3 Å². The summed E-state index contributed by atoms with van der Waals surface area (Å²) in [6, 6.07) is 14.5. The van der Waals surface area contributed by atoms with E-state index in [1.165, 1.54) is 18.4 Å².